The van der Waals surface area contributed by atoms with Crippen LogP contribution >= 0.6 is 11.3 Å². The van der Waals surface area contributed by atoms with Crippen LogP contribution in [0.3, 0.4) is 0 Å². The van der Waals surface area contributed by atoms with E-state index in [9.17, 15) is 0 Å². The highest BCUT2D eigenvalue weighted by Crippen LogP contribution is 2.50. The van der Waals surface area contributed by atoms with Gasteiger partial charge in [0, 0.05) is 25.6 Å². The van der Waals surface area contributed by atoms with E-state index >= 15 is 0 Å². The first kappa shape index (κ1) is 35.4. The number of hydrogen-bond acceptors (Lipinski definition) is 1. The standard InChI is InChI=1S/C55H44S/c1-36-18-10-11-19-41(36)32-37(2)43-21-8-6-7-9-22-44(46-24-14-13-23-45(43)46)40-30-28-39(29-31-40)38(3)48-34-50-47-25-15-17-27-53(47)56-54(50)35-49(48)52-33-42-20-12-16-26-51(42)55(52,4)5/h8-35H,1-3,6-7H2,4-5H3/b21-8?,22-9+,41-32-,45-43?,46-44+. The molecule has 0 nitrogen and oxygen atoms in total. The lowest BCUT2D eigenvalue weighted by Gasteiger charge is -2.27. The third-order valence-corrected chi connectivity index (χ3v) is 12.7. The molecule has 2 aliphatic carbocycles. The number of hydrogen-bond donors (Lipinski definition) is 0. The Balaban J connectivity index is 1.19. The van der Waals surface area contributed by atoms with Crippen molar-refractivity contribution < 1.29 is 0 Å². The summed E-state index contributed by atoms with van der Waals surface area (Å²) >= 11 is 1.87. The topological polar surface area (TPSA) is 0 Å². The van der Waals surface area contributed by atoms with E-state index in [1.165, 1.54) is 64.4 Å². The normalized spacial score (nSPS) is 16.7. The zero-order valence-electron chi connectivity index (χ0n) is 32.1. The Bertz CT molecular complexity index is 3080. The number of benzene rings is 6. The van der Waals surface area contributed by atoms with Crippen molar-refractivity contribution in [2.24, 2.45) is 0 Å². The second kappa shape index (κ2) is 14.4. The summed E-state index contributed by atoms with van der Waals surface area (Å²) in [5.41, 5.74) is 12.9. The summed E-state index contributed by atoms with van der Waals surface area (Å²) in [6.45, 7) is 18.4. The van der Waals surface area contributed by atoms with E-state index in [4.69, 9.17) is 6.58 Å². The molecule has 270 valence electrons. The summed E-state index contributed by atoms with van der Waals surface area (Å²) in [5.74, 6) is 0. The van der Waals surface area contributed by atoms with Crippen LogP contribution in [0.1, 0.15) is 60.1 Å². The Morgan fingerprint density at radius 1 is 0.679 bits per heavy atom. The van der Waals surface area contributed by atoms with Gasteiger partial charge in [-0.3, -0.25) is 0 Å². The highest BCUT2D eigenvalue weighted by atomic mass is 32.1. The van der Waals surface area contributed by atoms with Gasteiger partial charge in [0.15, 0.2) is 0 Å². The van der Waals surface area contributed by atoms with Crippen molar-refractivity contribution in [3.05, 3.63) is 231 Å². The first-order chi connectivity index (χ1) is 27.3. The average Bonchev–Trinajstić information content (AvgIpc) is 3.72. The van der Waals surface area contributed by atoms with Crippen molar-refractivity contribution in [3.8, 4) is 0 Å². The number of thiophene rings is 1. The fourth-order valence-electron chi connectivity index (χ4n) is 8.54. The summed E-state index contributed by atoms with van der Waals surface area (Å²) in [7, 11) is 0. The summed E-state index contributed by atoms with van der Waals surface area (Å²) in [6, 6.07) is 48.4. The van der Waals surface area contributed by atoms with E-state index < -0.39 is 0 Å². The van der Waals surface area contributed by atoms with Gasteiger partial charge in [0.25, 0.3) is 0 Å². The Morgan fingerprint density at radius 2 is 1.38 bits per heavy atom. The van der Waals surface area contributed by atoms with Crippen molar-refractivity contribution in [2.45, 2.75) is 32.1 Å². The maximum atomic E-state index is 4.82. The molecule has 0 saturated heterocycles. The van der Waals surface area contributed by atoms with Crippen LogP contribution in [-0.2, 0) is 5.41 Å². The van der Waals surface area contributed by atoms with Gasteiger partial charge in [0.1, 0.15) is 0 Å². The lowest BCUT2D eigenvalue weighted by Crippen LogP contribution is -2.29. The molecule has 0 saturated carbocycles. The van der Waals surface area contributed by atoms with Gasteiger partial charge in [0.05, 0.1) is 0 Å². The van der Waals surface area contributed by atoms with Crippen LogP contribution in [0, 0.1) is 0 Å². The minimum absolute atomic E-state index is 0.142. The summed E-state index contributed by atoms with van der Waals surface area (Å²) in [5, 5.41) is 7.00. The van der Waals surface area contributed by atoms with E-state index in [-0.39, 0.29) is 5.41 Å². The molecule has 0 amide bonds. The van der Waals surface area contributed by atoms with Crippen LogP contribution < -0.4 is 20.9 Å². The zero-order chi connectivity index (χ0) is 38.4. The maximum absolute atomic E-state index is 4.82. The first-order valence-electron chi connectivity index (χ1n) is 19.5. The molecule has 56 heavy (non-hydrogen) atoms. The predicted octanol–water partition coefficient (Wildman–Crippen LogP) is 11.7. The highest BCUT2D eigenvalue weighted by molar-refractivity contribution is 7.25. The molecule has 0 spiro atoms. The fourth-order valence-corrected chi connectivity index (χ4v) is 9.66. The molecule has 2 aliphatic rings. The largest absolute Gasteiger partial charge is 0.135 e. The molecular weight excluding hydrogens is 693 g/mol. The quantitative estimate of drug-likeness (QED) is 0.159. The van der Waals surface area contributed by atoms with E-state index in [1.54, 1.807) is 0 Å². The molecule has 6 aromatic carbocycles. The average molecular weight is 737 g/mol. The number of fused-ring (bicyclic) bond motifs is 5. The second-order valence-electron chi connectivity index (χ2n) is 15.4. The van der Waals surface area contributed by atoms with Gasteiger partial charge in [0.2, 0.25) is 0 Å². The van der Waals surface area contributed by atoms with Gasteiger partial charge < -0.3 is 0 Å². The lowest BCUT2D eigenvalue weighted by atomic mass is 9.76. The lowest BCUT2D eigenvalue weighted by molar-refractivity contribution is 0.704. The molecule has 1 heterocycles. The monoisotopic (exact) mass is 736 g/mol. The second-order valence-corrected chi connectivity index (χ2v) is 16.5. The molecule has 0 bridgehead atoms. The minimum Gasteiger partial charge on any atom is -0.135 e. The highest BCUT2D eigenvalue weighted by Gasteiger charge is 2.35. The maximum Gasteiger partial charge on any atom is 0.0361 e. The van der Waals surface area contributed by atoms with Crippen molar-refractivity contribution in [1.82, 2.24) is 0 Å². The Kier molecular flexibility index (Phi) is 9.12. The SMILES string of the molecule is C=C(/C=c1/ccccc1=C)C1=c2cccc/c2=C(c2ccc(C(=C)c3cc4c(cc3C3=Cc5ccccc5C3(C)C)sc3ccccc34)cc2)/C=C/CCC=C1. The number of rotatable bonds is 6. The van der Waals surface area contributed by atoms with E-state index in [2.05, 4.69) is 185 Å². The van der Waals surface area contributed by atoms with Gasteiger partial charge in [-0.1, -0.05) is 173 Å². The van der Waals surface area contributed by atoms with Gasteiger partial charge >= 0.3 is 0 Å². The van der Waals surface area contributed by atoms with Crippen molar-refractivity contribution in [1.29, 1.82) is 0 Å². The van der Waals surface area contributed by atoms with Crippen LogP contribution in [0.5, 0.6) is 0 Å². The molecule has 1 aromatic heterocycles. The zero-order valence-corrected chi connectivity index (χ0v) is 32.9. The molecule has 0 unspecified atom stereocenters. The molecule has 7 aromatic rings. The molecule has 0 N–H and O–H groups in total. The molecule has 0 atom stereocenters. The minimum atomic E-state index is -0.142. The van der Waals surface area contributed by atoms with Crippen molar-refractivity contribution in [2.75, 3.05) is 0 Å². The molecule has 9 rings (SSSR count). The van der Waals surface area contributed by atoms with E-state index in [0.717, 1.165) is 50.8 Å². The van der Waals surface area contributed by atoms with Crippen LogP contribution in [0.4, 0.5) is 0 Å². The van der Waals surface area contributed by atoms with E-state index in [0.29, 0.717) is 0 Å². The van der Waals surface area contributed by atoms with Gasteiger partial charge in [-0.25, -0.2) is 0 Å². The van der Waals surface area contributed by atoms with Crippen LogP contribution in [0.2, 0.25) is 0 Å². The molecule has 0 aliphatic heterocycles. The third kappa shape index (κ3) is 6.29. The number of allylic oxidation sites excluding steroid dienone is 6. The smallest absolute Gasteiger partial charge is 0.0361 e. The third-order valence-electron chi connectivity index (χ3n) is 11.6. The van der Waals surface area contributed by atoms with Crippen molar-refractivity contribution >= 4 is 72.5 Å². The van der Waals surface area contributed by atoms with Gasteiger partial charge in [-0.05, 0) is 125 Å². The fraction of sp³-hybridized carbons (Fsp3) is 0.0909. The summed E-state index contributed by atoms with van der Waals surface area (Å²) in [6.07, 6.45) is 15.6. The Morgan fingerprint density at radius 3 is 2.18 bits per heavy atom. The summed E-state index contributed by atoms with van der Waals surface area (Å²) < 4.78 is 2.62. The Hall–Kier alpha value is -6.28. The molecule has 0 fully saturated rings. The Labute approximate surface area is 333 Å². The van der Waals surface area contributed by atoms with E-state index in [1.807, 2.05) is 23.5 Å². The predicted molar refractivity (Wildman–Crippen MR) is 245 cm³/mol. The molecular formula is C55H44S. The van der Waals surface area contributed by atoms with Crippen LogP contribution in [-0.4, -0.2) is 0 Å². The van der Waals surface area contributed by atoms with Gasteiger partial charge in [-0.2, -0.15) is 0 Å². The van der Waals surface area contributed by atoms with Crippen molar-refractivity contribution in [3.63, 3.8) is 0 Å². The summed E-state index contributed by atoms with van der Waals surface area (Å²) in [4.78, 5) is 0. The van der Waals surface area contributed by atoms with Crippen LogP contribution in [0.15, 0.2) is 176 Å². The van der Waals surface area contributed by atoms with Gasteiger partial charge in [-0.15, -0.1) is 11.3 Å². The molecule has 1 heteroatoms. The van der Waals surface area contributed by atoms with Crippen LogP contribution in [0.25, 0.3) is 61.2 Å². The first-order valence-corrected chi connectivity index (χ1v) is 20.3. The molecule has 0 radical (unpaired) electrons.